The highest BCUT2D eigenvalue weighted by molar-refractivity contribution is 6.35. The van der Waals surface area contributed by atoms with Crippen LogP contribution < -0.4 is 5.32 Å². The number of hydrogen-bond acceptors (Lipinski definition) is 2. The maximum absolute atomic E-state index is 13.3. The number of halogens is 2. The topological polar surface area (TPSA) is 49.4 Å². The third-order valence-electron chi connectivity index (χ3n) is 5.91. The quantitative estimate of drug-likeness (QED) is 0.514. The second-order valence-electron chi connectivity index (χ2n) is 8.16. The first-order valence-electron chi connectivity index (χ1n) is 11.1. The number of nitrogens with one attached hydrogen (secondary N) is 1. The van der Waals surface area contributed by atoms with Crippen molar-refractivity contribution in [2.75, 3.05) is 0 Å². The molecule has 3 rings (SSSR count). The molecule has 6 heteroatoms. The molecular weight excluding hydrogens is 431 g/mol. The minimum absolute atomic E-state index is 0.0525. The highest BCUT2D eigenvalue weighted by Gasteiger charge is 2.30. The first-order chi connectivity index (χ1) is 15.0. The predicted molar refractivity (Wildman–Crippen MR) is 126 cm³/mol. The molecule has 31 heavy (non-hydrogen) atoms. The molecule has 0 bridgehead atoms. The summed E-state index contributed by atoms with van der Waals surface area (Å²) < 4.78 is 0. The van der Waals surface area contributed by atoms with Gasteiger partial charge in [0.1, 0.15) is 6.04 Å². The molecule has 0 aromatic heterocycles. The second kappa shape index (κ2) is 11.5. The van der Waals surface area contributed by atoms with Crippen molar-refractivity contribution in [1.82, 2.24) is 10.2 Å². The lowest BCUT2D eigenvalue weighted by atomic mass is 10.1. The van der Waals surface area contributed by atoms with E-state index in [2.05, 4.69) is 5.32 Å². The van der Waals surface area contributed by atoms with Gasteiger partial charge in [0, 0.05) is 29.1 Å². The standard InChI is InChI=1S/C25H30Cl2N2O2/c1-2-23(25(31)28-21-10-6-7-11-21)29(17-19-13-14-20(26)16-22(19)27)24(30)15-12-18-8-4-3-5-9-18/h3-5,8-9,13-14,16,21,23H,2,6-7,10-12,15,17H2,1H3,(H,28,31)/t23-/m0/s1. The summed E-state index contributed by atoms with van der Waals surface area (Å²) in [4.78, 5) is 28.1. The van der Waals surface area contributed by atoms with Crippen LogP contribution in [0, 0.1) is 0 Å². The zero-order valence-electron chi connectivity index (χ0n) is 17.9. The van der Waals surface area contributed by atoms with Gasteiger partial charge in [-0.25, -0.2) is 0 Å². The minimum Gasteiger partial charge on any atom is -0.352 e. The summed E-state index contributed by atoms with van der Waals surface area (Å²) in [6.07, 6.45) is 5.80. The number of nitrogens with zero attached hydrogens (tertiary/aromatic N) is 1. The van der Waals surface area contributed by atoms with Gasteiger partial charge in [-0.2, -0.15) is 0 Å². The third-order valence-corrected chi connectivity index (χ3v) is 6.50. The van der Waals surface area contributed by atoms with Gasteiger partial charge in [-0.05, 0) is 48.9 Å². The number of carbonyl (C=O) groups is 2. The van der Waals surface area contributed by atoms with E-state index in [-0.39, 0.29) is 24.4 Å². The van der Waals surface area contributed by atoms with Crippen molar-refractivity contribution in [3.05, 3.63) is 69.7 Å². The Hall–Kier alpha value is -2.04. The van der Waals surface area contributed by atoms with E-state index in [1.54, 1.807) is 17.0 Å². The summed E-state index contributed by atoms with van der Waals surface area (Å²) in [5, 5.41) is 4.20. The first kappa shape index (κ1) is 23.6. The Bertz CT molecular complexity index is 882. The van der Waals surface area contributed by atoms with Gasteiger partial charge in [0.05, 0.1) is 0 Å². The number of rotatable bonds is 9. The van der Waals surface area contributed by atoms with Gasteiger partial charge in [0.25, 0.3) is 0 Å². The Morgan fingerprint density at radius 2 is 1.81 bits per heavy atom. The van der Waals surface area contributed by atoms with Crippen LogP contribution in [0.3, 0.4) is 0 Å². The summed E-state index contributed by atoms with van der Waals surface area (Å²) in [5.41, 5.74) is 1.88. The maximum Gasteiger partial charge on any atom is 0.243 e. The van der Waals surface area contributed by atoms with E-state index in [0.717, 1.165) is 36.8 Å². The van der Waals surface area contributed by atoms with Crippen molar-refractivity contribution in [3.63, 3.8) is 0 Å². The summed E-state index contributed by atoms with van der Waals surface area (Å²) in [7, 11) is 0. The summed E-state index contributed by atoms with van der Waals surface area (Å²) >= 11 is 12.4. The molecule has 1 aliphatic rings. The molecule has 1 saturated carbocycles. The summed E-state index contributed by atoms with van der Waals surface area (Å²) in [5.74, 6) is -0.129. The average molecular weight is 461 g/mol. The predicted octanol–water partition coefficient (Wildman–Crippen LogP) is 5.79. The smallest absolute Gasteiger partial charge is 0.243 e. The maximum atomic E-state index is 13.3. The Balaban J connectivity index is 1.78. The van der Waals surface area contributed by atoms with Crippen molar-refractivity contribution in [2.45, 2.75) is 70.5 Å². The first-order valence-corrected chi connectivity index (χ1v) is 11.8. The summed E-state index contributed by atoms with van der Waals surface area (Å²) in [6, 6.07) is 14.8. The van der Waals surface area contributed by atoms with Gasteiger partial charge >= 0.3 is 0 Å². The van der Waals surface area contributed by atoms with Crippen molar-refractivity contribution in [1.29, 1.82) is 0 Å². The molecule has 0 heterocycles. The lowest BCUT2D eigenvalue weighted by Gasteiger charge is -2.32. The molecule has 1 N–H and O–H groups in total. The average Bonchev–Trinajstić information content (AvgIpc) is 3.27. The van der Waals surface area contributed by atoms with Crippen molar-refractivity contribution < 1.29 is 9.59 Å². The Kier molecular flexibility index (Phi) is 8.79. The van der Waals surface area contributed by atoms with Gasteiger partial charge in [-0.3, -0.25) is 9.59 Å². The van der Waals surface area contributed by atoms with Crippen LogP contribution in [0.1, 0.15) is 56.6 Å². The number of benzene rings is 2. The second-order valence-corrected chi connectivity index (χ2v) is 9.00. The van der Waals surface area contributed by atoms with E-state index in [9.17, 15) is 9.59 Å². The largest absolute Gasteiger partial charge is 0.352 e. The Morgan fingerprint density at radius 1 is 1.10 bits per heavy atom. The van der Waals surface area contributed by atoms with Crippen LogP contribution in [0.15, 0.2) is 48.5 Å². The van der Waals surface area contributed by atoms with Crippen molar-refractivity contribution in [3.8, 4) is 0 Å². The van der Waals surface area contributed by atoms with Crippen LogP contribution >= 0.6 is 23.2 Å². The summed E-state index contributed by atoms with van der Waals surface area (Å²) in [6.45, 7) is 2.22. The Morgan fingerprint density at radius 3 is 2.45 bits per heavy atom. The van der Waals surface area contributed by atoms with Crippen molar-refractivity contribution >= 4 is 35.0 Å². The Labute approximate surface area is 194 Å². The van der Waals surface area contributed by atoms with Crippen LogP contribution in [0.25, 0.3) is 0 Å². The van der Waals surface area contributed by atoms with Gasteiger partial charge in [0.15, 0.2) is 0 Å². The van der Waals surface area contributed by atoms with E-state index < -0.39 is 6.04 Å². The molecule has 2 amide bonds. The van der Waals surface area contributed by atoms with E-state index in [1.807, 2.05) is 43.3 Å². The van der Waals surface area contributed by atoms with Crippen LogP contribution in [-0.4, -0.2) is 28.8 Å². The molecule has 2 aromatic carbocycles. The SMILES string of the molecule is CC[C@@H](C(=O)NC1CCCC1)N(Cc1ccc(Cl)cc1Cl)C(=O)CCc1ccccc1. The normalized spacial score (nSPS) is 14.9. The molecule has 1 aliphatic carbocycles. The van der Waals surface area contributed by atoms with E-state index in [0.29, 0.717) is 29.3 Å². The van der Waals surface area contributed by atoms with Crippen LogP contribution in [0.4, 0.5) is 0 Å². The molecule has 0 radical (unpaired) electrons. The lowest BCUT2D eigenvalue weighted by Crippen LogP contribution is -2.51. The van der Waals surface area contributed by atoms with Gasteiger partial charge in [0.2, 0.25) is 11.8 Å². The molecule has 2 aromatic rings. The molecular formula is C25H30Cl2N2O2. The molecule has 1 atom stereocenters. The fourth-order valence-corrected chi connectivity index (χ4v) is 4.63. The number of carbonyl (C=O) groups excluding carboxylic acids is 2. The molecule has 4 nitrogen and oxygen atoms in total. The number of aryl methyl sites for hydroxylation is 1. The van der Waals surface area contributed by atoms with E-state index in [4.69, 9.17) is 23.2 Å². The van der Waals surface area contributed by atoms with E-state index in [1.165, 1.54) is 0 Å². The fraction of sp³-hybridized carbons (Fsp3) is 0.440. The molecule has 0 aliphatic heterocycles. The molecule has 0 unspecified atom stereocenters. The highest BCUT2D eigenvalue weighted by Crippen LogP contribution is 2.25. The fourth-order valence-electron chi connectivity index (χ4n) is 4.16. The van der Waals surface area contributed by atoms with Crippen LogP contribution in [-0.2, 0) is 22.6 Å². The van der Waals surface area contributed by atoms with E-state index >= 15 is 0 Å². The van der Waals surface area contributed by atoms with Crippen LogP contribution in [0.2, 0.25) is 10.0 Å². The zero-order chi connectivity index (χ0) is 22.2. The number of hydrogen-bond donors (Lipinski definition) is 1. The third kappa shape index (κ3) is 6.72. The lowest BCUT2D eigenvalue weighted by molar-refractivity contribution is -0.141. The van der Waals surface area contributed by atoms with Gasteiger partial charge in [-0.1, -0.05) is 79.4 Å². The van der Waals surface area contributed by atoms with Crippen LogP contribution in [0.5, 0.6) is 0 Å². The van der Waals surface area contributed by atoms with Crippen molar-refractivity contribution in [2.24, 2.45) is 0 Å². The monoisotopic (exact) mass is 460 g/mol. The van der Waals surface area contributed by atoms with Gasteiger partial charge in [-0.15, -0.1) is 0 Å². The molecule has 0 saturated heterocycles. The number of amides is 2. The molecule has 1 fully saturated rings. The van der Waals surface area contributed by atoms with Gasteiger partial charge < -0.3 is 10.2 Å². The highest BCUT2D eigenvalue weighted by atomic mass is 35.5. The molecule has 0 spiro atoms. The minimum atomic E-state index is -0.532. The molecule has 166 valence electrons. The zero-order valence-corrected chi connectivity index (χ0v) is 19.5.